The zero-order chi connectivity index (χ0) is 13.1. The molecule has 5 heteroatoms. The minimum Gasteiger partial charge on any atom is -0.339 e. The highest BCUT2D eigenvalue weighted by Crippen LogP contribution is 2.20. The fraction of sp³-hybridized carbons (Fsp3) is 0.462. The molecule has 2 unspecified atom stereocenters. The van der Waals surface area contributed by atoms with Crippen molar-refractivity contribution in [2.45, 2.75) is 32.7 Å². The Morgan fingerprint density at radius 2 is 2.00 bits per heavy atom. The number of likely N-dealkylation sites (N-methyl/N-ethyl adjacent to an activating group) is 1. The third-order valence-corrected chi connectivity index (χ3v) is 3.15. The maximum Gasteiger partial charge on any atom is 0.231 e. The summed E-state index contributed by atoms with van der Waals surface area (Å²) in [6, 6.07) is 6.04. The standard InChI is InChI=1S/C13H18N4O/c1-8-6-5-7-11(15-8)12-16-13(18-17-12)9(2)10(3)14-4/h5-7,9-10,14H,1-4H3. The summed E-state index contributed by atoms with van der Waals surface area (Å²) in [5, 5.41) is 7.17. The number of pyridine rings is 1. The lowest BCUT2D eigenvalue weighted by Gasteiger charge is -2.14. The molecule has 0 aliphatic heterocycles. The van der Waals surface area contributed by atoms with Gasteiger partial charge < -0.3 is 9.84 Å². The average Bonchev–Trinajstić information content (AvgIpc) is 2.86. The molecule has 2 atom stereocenters. The molecule has 0 saturated heterocycles. The SMILES string of the molecule is CNC(C)C(C)c1nc(-c2cccc(C)n2)no1. The van der Waals surface area contributed by atoms with Crippen LogP contribution in [0, 0.1) is 6.92 Å². The summed E-state index contributed by atoms with van der Waals surface area (Å²) in [6.45, 7) is 6.08. The number of hydrogen-bond donors (Lipinski definition) is 1. The lowest BCUT2D eigenvalue weighted by atomic mass is 10.0. The van der Waals surface area contributed by atoms with E-state index in [-0.39, 0.29) is 12.0 Å². The van der Waals surface area contributed by atoms with Gasteiger partial charge in [-0.15, -0.1) is 0 Å². The van der Waals surface area contributed by atoms with Crippen molar-refractivity contribution in [1.82, 2.24) is 20.4 Å². The summed E-state index contributed by atoms with van der Waals surface area (Å²) < 4.78 is 5.30. The maximum absolute atomic E-state index is 5.30. The molecular formula is C13H18N4O. The molecule has 0 bridgehead atoms. The lowest BCUT2D eigenvalue weighted by Crippen LogP contribution is -2.27. The van der Waals surface area contributed by atoms with E-state index in [0.29, 0.717) is 11.7 Å². The Labute approximate surface area is 107 Å². The van der Waals surface area contributed by atoms with E-state index in [4.69, 9.17) is 4.52 Å². The van der Waals surface area contributed by atoms with Crippen LogP contribution in [0.25, 0.3) is 11.5 Å². The molecular weight excluding hydrogens is 228 g/mol. The second-order valence-electron chi connectivity index (χ2n) is 4.49. The van der Waals surface area contributed by atoms with Crippen LogP contribution in [0.4, 0.5) is 0 Å². The van der Waals surface area contributed by atoms with Crippen LogP contribution in [0.5, 0.6) is 0 Å². The van der Waals surface area contributed by atoms with E-state index in [2.05, 4.69) is 34.3 Å². The van der Waals surface area contributed by atoms with Crippen molar-refractivity contribution >= 4 is 0 Å². The lowest BCUT2D eigenvalue weighted by molar-refractivity contribution is 0.336. The second kappa shape index (κ2) is 5.27. The van der Waals surface area contributed by atoms with Crippen molar-refractivity contribution in [2.24, 2.45) is 0 Å². The number of aromatic nitrogens is 3. The molecule has 2 heterocycles. The molecule has 18 heavy (non-hydrogen) atoms. The fourth-order valence-electron chi connectivity index (χ4n) is 1.66. The molecule has 2 aromatic heterocycles. The van der Waals surface area contributed by atoms with Crippen molar-refractivity contribution in [3.63, 3.8) is 0 Å². The van der Waals surface area contributed by atoms with Crippen molar-refractivity contribution in [3.8, 4) is 11.5 Å². The van der Waals surface area contributed by atoms with Gasteiger partial charge in [0.05, 0.1) is 5.92 Å². The molecule has 2 aromatic rings. The first-order chi connectivity index (χ1) is 8.61. The minimum atomic E-state index is 0.168. The Hall–Kier alpha value is -1.75. The molecule has 0 aliphatic rings. The number of rotatable bonds is 4. The molecule has 2 rings (SSSR count). The Morgan fingerprint density at radius 3 is 2.67 bits per heavy atom. The van der Waals surface area contributed by atoms with Crippen LogP contribution in [0.2, 0.25) is 0 Å². The topological polar surface area (TPSA) is 63.8 Å². The summed E-state index contributed by atoms with van der Waals surface area (Å²) in [5.74, 6) is 1.35. The number of nitrogens with zero attached hydrogens (tertiary/aromatic N) is 3. The summed E-state index contributed by atoms with van der Waals surface area (Å²) in [4.78, 5) is 8.79. The normalized spacial score (nSPS) is 14.4. The summed E-state index contributed by atoms with van der Waals surface area (Å²) in [5.41, 5.74) is 1.69. The van der Waals surface area contributed by atoms with E-state index in [1.807, 2.05) is 32.2 Å². The summed E-state index contributed by atoms with van der Waals surface area (Å²) in [6.07, 6.45) is 0. The first-order valence-electron chi connectivity index (χ1n) is 6.06. The molecule has 0 fully saturated rings. The monoisotopic (exact) mass is 246 g/mol. The van der Waals surface area contributed by atoms with Gasteiger partial charge in [0.1, 0.15) is 5.69 Å². The Bertz CT molecular complexity index is 523. The van der Waals surface area contributed by atoms with E-state index < -0.39 is 0 Å². The molecule has 0 radical (unpaired) electrons. The van der Waals surface area contributed by atoms with Crippen molar-refractivity contribution < 1.29 is 4.52 Å². The van der Waals surface area contributed by atoms with Gasteiger partial charge in [0.25, 0.3) is 0 Å². The zero-order valence-corrected chi connectivity index (χ0v) is 11.1. The van der Waals surface area contributed by atoms with Gasteiger partial charge in [0, 0.05) is 11.7 Å². The minimum absolute atomic E-state index is 0.168. The Balaban J connectivity index is 2.25. The van der Waals surface area contributed by atoms with Gasteiger partial charge in [-0.2, -0.15) is 4.98 Å². The van der Waals surface area contributed by atoms with Gasteiger partial charge in [-0.3, -0.25) is 0 Å². The highest BCUT2D eigenvalue weighted by molar-refractivity contribution is 5.48. The van der Waals surface area contributed by atoms with E-state index in [1.54, 1.807) is 0 Å². The maximum atomic E-state index is 5.30. The second-order valence-corrected chi connectivity index (χ2v) is 4.49. The van der Waals surface area contributed by atoms with Gasteiger partial charge >= 0.3 is 0 Å². The molecule has 5 nitrogen and oxygen atoms in total. The van der Waals surface area contributed by atoms with Gasteiger partial charge in [0.2, 0.25) is 11.7 Å². The molecule has 1 N–H and O–H groups in total. The Kier molecular flexibility index (Phi) is 3.72. The van der Waals surface area contributed by atoms with Crippen molar-refractivity contribution in [3.05, 3.63) is 29.8 Å². The van der Waals surface area contributed by atoms with E-state index in [0.717, 1.165) is 11.4 Å². The summed E-state index contributed by atoms with van der Waals surface area (Å²) >= 11 is 0. The van der Waals surface area contributed by atoms with Gasteiger partial charge in [0.15, 0.2) is 0 Å². The van der Waals surface area contributed by atoms with Crippen LogP contribution >= 0.6 is 0 Å². The highest BCUT2D eigenvalue weighted by Gasteiger charge is 2.20. The third-order valence-electron chi connectivity index (χ3n) is 3.15. The smallest absolute Gasteiger partial charge is 0.231 e. The van der Waals surface area contributed by atoms with Crippen LogP contribution in [0.1, 0.15) is 31.4 Å². The van der Waals surface area contributed by atoms with Crippen molar-refractivity contribution in [1.29, 1.82) is 0 Å². The first kappa shape index (κ1) is 12.7. The number of hydrogen-bond acceptors (Lipinski definition) is 5. The zero-order valence-electron chi connectivity index (χ0n) is 11.1. The van der Waals surface area contributed by atoms with Gasteiger partial charge in [-0.1, -0.05) is 18.1 Å². The molecule has 0 amide bonds. The van der Waals surface area contributed by atoms with Crippen LogP contribution in [-0.2, 0) is 0 Å². The predicted octanol–water partition coefficient (Wildman–Crippen LogP) is 2.15. The molecule has 0 spiro atoms. The average molecular weight is 246 g/mol. The number of aryl methyl sites for hydroxylation is 1. The van der Waals surface area contributed by atoms with E-state index in [1.165, 1.54) is 0 Å². The van der Waals surface area contributed by atoms with E-state index >= 15 is 0 Å². The largest absolute Gasteiger partial charge is 0.339 e. The van der Waals surface area contributed by atoms with Crippen LogP contribution in [0.3, 0.4) is 0 Å². The third kappa shape index (κ3) is 2.56. The van der Waals surface area contributed by atoms with Crippen LogP contribution in [0.15, 0.2) is 22.7 Å². The molecule has 0 aliphatic carbocycles. The van der Waals surface area contributed by atoms with Crippen LogP contribution in [-0.4, -0.2) is 28.2 Å². The predicted molar refractivity (Wildman–Crippen MR) is 69.2 cm³/mol. The fourth-order valence-corrected chi connectivity index (χ4v) is 1.66. The highest BCUT2D eigenvalue weighted by atomic mass is 16.5. The quantitative estimate of drug-likeness (QED) is 0.895. The van der Waals surface area contributed by atoms with E-state index in [9.17, 15) is 0 Å². The summed E-state index contributed by atoms with van der Waals surface area (Å²) in [7, 11) is 1.92. The first-order valence-corrected chi connectivity index (χ1v) is 6.06. The molecule has 0 saturated carbocycles. The van der Waals surface area contributed by atoms with Gasteiger partial charge in [-0.05, 0) is 33.0 Å². The van der Waals surface area contributed by atoms with Crippen LogP contribution < -0.4 is 5.32 Å². The molecule has 96 valence electrons. The number of nitrogens with one attached hydrogen (secondary N) is 1. The van der Waals surface area contributed by atoms with Crippen molar-refractivity contribution in [2.75, 3.05) is 7.05 Å². The van der Waals surface area contributed by atoms with Gasteiger partial charge in [-0.25, -0.2) is 4.98 Å². The molecule has 0 aromatic carbocycles. The Morgan fingerprint density at radius 1 is 1.22 bits per heavy atom.